The molecule has 1 spiro atoms. The SMILES string of the molecule is CCOC(=O)C1CCC2(CC1)CNC(=O)CO2. The Bertz CT molecular complexity index is 296. The van der Waals surface area contributed by atoms with Gasteiger partial charge in [0.1, 0.15) is 6.61 Å². The van der Waals surface area contributed by atoms with Crippen molar-refractivity contribution in [3.05, 3.63) is 0 Å². The monoisotopic (exact) mass is 241 g/mol. The molecule has 0 aromatic rings. The molecule has 1 amide bonds. The molecule has 0 aromatic heterocycles. The molecule has 2 fully saturated rings. The van der Waals surface area contributed by atoms with Gasteiger partial charge in [-0.15, -0.1) is 0 Å². The lowest BCUT2D eigenvalue weighted by Gasteiger charge is -2.41. The van der Waals surface area contributed by atoms with E-state index < -0.39 is 0 Å². The number of morpholine rings is 1. The lowest BCUT2D eigenvalue weighted by molar-refractivity contribution is -0.159. The molecule has 0 atom stereocenters. The van der Waals surface area contributed by atoms with Crippen LogP contribution in [0.3, 0.4) is 0 Å². The number of hydrogen-bond acceptors (Lipinski definition) is 4. The van der Waals surface area contributed by atoms with E-state index in [1.807, 2.05) is 6.92 Å². The van der Waals surface area contributed by atoms with E-state index in [1.165, 1.54) is 0 Å². The lowest BCUT2D eigenvalue weighted by Crippen LogP contribution is -2.54. The molecule has 96 valence electrons. The Labute approximate surface area is 101 Å². The van der Waals surface area contributed by atoms with Gasteiger partial charge in [0.15, 0.2) is 0 Å². The van der Waals surface area contributed by atoms with Crippen molar-refractivity contribution in [2.75, 3.05) is 19.8 Å². The molecule has 1 N–H and O–H groups in total. The van der Waals surface area contributed by atoms with Crippen LogP contribution in [0.5, 0.6) is 0 Å². The molecule has 2 aliphatic rings. The van der Waals surface area contributed by atoms with Gasteiger partial charge in [-0.25, -0.2) is 0 Å². The Morgan fingerprint density at radius 1 is 1.53 bits per heavy atom. The summed E-state index contributed by atoms with van der Waals surface area (Å²) in [5.41, 5.74) is -0.239. The second kappa shape index (κ2) is 5.04. The molecule has 0 unspecified atom stereocenters. The predicted molar refractivity (Wildman–Crippen MR) is 60.3 cm³/mol. The third-order valence-electron chi connectivity index (χ3n) is 3.63. The van der Waals surface area contributed by atoms with Crippen molar-refractivity contribution in [3.8, 4) is 0 Å². The molecule has 1 saturated heterocycles. The fourth-order valence-electron chi connectivity index (χ4n) is 2.54. The van der Waals surface area contributed by atoms with Gasteiger partial charge in [-0.3, -0.25) is 9.59 Å². The summed E-state index contributed by atoms with van der Waals surface area (Å²) in [4.78, 5) is 22.6. The average Bonchev–Trinajstić information content (AvgIpc) is 2.35. The van der Waals surface area contributed by atoms with Gasteiger partial charge in [-0.1, -0.05) is 0 Å². The Hall–Kier alpha value is -1.10. The number of rotatable bonds is 2. The number of nitrogens with one attached hydrogen (secondary N) is 1. The average molecular weight is 241 g/mol. The summed E-state index contributed by atoms with van der Waals surface area (Å²) in [7, 11) is 0. The van der Waals surface area contributed by atoms with Crippen LogP contribution in [0.1, 0.15) is 32.6 Å². The number of carbonyl (C=O) groups is 2. The van der Waals surface area contributed by atoms with Gasteiger partial charge < -0.3 is 14.8 Å². The summed E-state index contributed by atoms with van der Waals surface area (Å²) in [6.45, 7) is 2.97. The standard InChI is InChI=1S/C12H19NO4/c1-2-16-11(15)9-3-5-12(6-4-9)8-13-10(14)7-17-12/h9H,2-8H2,1H3,(H,13,14). The molecule has 0 radical (unpaired) electrons. The van der Waals surface area contributed by atoms with Gasteiger partial charge in [0.2, 0.25) is 5.91 Å². The van der Waals surface area contributed by atoms with E-state index in [0.29, 0.717) is 13.2 Å². The minimum absolute atomic E-state index is 0.00167. The first-order chi connectivity index (χ1) is 8.15. The molecule has 1 aliphatic carbocycles. The van der Waals surface area contributed by atoms with Gasteiger partial charge >= 0.3 is 5.97 Å². The molecular formula is C12H19NO4. The molecular weight excluding hydrogens is 222 g/mol. The fourth-order valence-corrected chi connectivity index (χ4v) is 2.54. The fraction of sp³-hybridized carbons (Fsp3) is 0.833. The van der Waals surface area contributed by atoms with Gasteiger partial charge in [-0.05, 0) is 32.6 Å². The van der Waals surface area contributed by atoms with Gasteiger partial charge in [0.25, 0.3) is 0 Å². The molecule has 2 rings (SSSR count). The summed E-state index contributed by atoms with van der Waals surface area (Å²) in [5.74, 6) is -0.146. The number of esters is 1. The van der Waals surface area contributed by atoms with E-state index in [-0.39, 0.29) is 30.0 Å². The quantitative estimate of drug-likeness (QED) is 0.720. The zero-order chi connectivity index (χ0) is 12.3. The second-order valence-corrected chi connectivity index (χ2v) is 4.77. The topological polar surface area (TPSA) is 64.6 Å². The van der Waals surface area contributed by atoms with E-state index in [1.54, 1.807) is 0 Å². The highest BCUT2D eigenvalue weighted by atomic mass is 16.5. The normalized spacial score (nSPS) is 33.2. The molecule has 1 aliphatic heterocycles. The number of amides is 1. The van der Waals surface area contributed by atoms with Crippen LogP contribution in [-0.2, 0) is 19.1 Å². The zero-order valence-electron chi connectivity index (χ0n) is 10.2. The molecule has 1 heterocycles. The molecule has 5 nitrogen and oxygen atoms in total. The highest BCUT2D eigenvalue weighted by Crippen LogP contribution is 2.36. The molecule has 17 heavy (non-hydrogen) atoms. The predicted octanol–water partition coefficient (Wildman–Crippen LogP) is 0.625. The van der Waals surface area contributed by atoms with Crippen molar-refractivity contribution in [3.63, 3.8) is 0 Å². The van der Waals surface area contributed by atoms with Crippen molar-refractivity contribution < 1.29 is 19.1 Å². The number of ether oxygens (including phenoxy) is 2. The van der Waals surface area contributed by atoms with E-state index in [0.717, 1.165) is 25.7 Å². The smallest absolute Gasteiger partial charge is 0.308 e. The maximum absolute atomic E-state index is 11.6. The first-order valence-electron chi connectivity index (χ1n) is 6.22. The van der Waals surface area contributed by atoms with Crippen molar-refractivity contribution in [2.45, 2.75) is 38.2 Å². The Kier molecular flexibility index (Phi) is 3.66. The summed E-state index contributed by atoms with van der Waals surface area (Å²) in [5, 5.41) is 2.83. The maximum Gasteiger partial charge on any atom is 0.308 e. The Morgan fingerprint density at radius 2 is 2.24 bits per heavy atom. The Balaban J connectivity index is 1.85. The van der Waals surface area contributed by atoms with Crippen LogP contribution in [0.4, 0.5) is 0 Å². The lowest BCUT2D eigenvalue weighted by atomic mass is 9.78. The summed E-state index contributed by atoms with van der Waals surface area (Å²) in [6.07, 6.45) is 3.21. The van der Waals surface area contributed by atoms with Gasteiger partial charge in [-0.2, -0.15) is 0 Å². The van der Waals surface area contributed by atoms with Crippen molar-refractivity contribution >= 4 is 11.9 Å². The summed E-state index contributed by atoms with van der Waals surface area (Å²) >= 11 is 0. The van der Waals surface area contributed by atoms with Crippen molar-refractivity contribution in [2.24, 2.45) is 5.92 Å². The van der Waals surface area contributed by atoms with Crippen LogP contribution in [-0.4, -0.2) is 37.2 Å². The highest BCUT2D eigenvalue weighted by Gasteiger charge is 2.41. The largest absolute Gasteiger partial charge is 0.466 e. The van der Waals surface area contributed by atoms with E-state index in [4.69, 9.17) is 9.47 Å². The summed E-state index contributed by atoms with van der Waals surface area (Å²) < 4.78 is 10.7. The van der Waals surface area contributed by atoms with E-state index >= 15 is 0 Å². The van der Waals surface area contributed by atoms with E-state index in [2.05, 4.69) is 5.32 Å². The van der Waals surface area contributed by atoms with Crippen LogP contribution in [0.15, 0.2) is 0 Å². The minimum atomic E-state index is -0.239. The maximum atomic E-state index is 11.6. The Morgan fingerprint density at radius 3 is 2.76 bits per heavy atom. The van der Waals surface area contributed by atoms with Crippen LogP contribution in [0.25, 0.3) is 0 Å². The number of carbonyl (C=O) groups excluding carboxylic acids is 2. The summed E-state index contributed by atoms with van der Waals surface area (Å²) in [6, 6.07) is 0. The van der Waals surface area contributed by atoms with E-state index in [9.17, 15) is 9.59 Å². The van der Waals surface area contributed by atoms with Crippen LogP contribution in [0.2, 0.25) is 0 Å². The number of hydrogen-bond donors (Lipinski definition) is 1. The molecule has 0 aromatic carbocycles. The van der Waals surface area contributed by atoms with Crippen LogP contribution >= 0.6 is 0 Å². The van der Waals surface area contributed by atoms with Crippen molar-refractivity contribution in [1.29, 1.82) is 0 Å². The third kappa shape index (κ3) is 2.77. The third-order valence-corrected chi connectivity index (χ3v) is 3.63. The van der Waals surface area contributed by atoms with Gasteiger partial charge in [0.05, 0.1) is 18.1 Å². The molecule has 1 saturated carbocycles. The minimum Gasteiger partial charge on any atom is -0.466 e. The molecule has 0 bridgehead atoms. The first-order valence-corrected chi connectivity index (χ1v) is 6.22. The molecule has 5 heteroatoms. The van der Waals surface area contributed by atoms with Gasteiger partial charge in [0, 0.05) is 6.54 Å². The highest BCUT2D eigenvalue weighted by molar-refractivity contribution is 5.78. The van der Waals surface area contributed by atoms with Crippen molar-refractivity contribution in [1.82, 2.24) is 5.32 Å². The van der Waals surface area contributed by atoms with Crippen LogP contribution < -0.4 is 5.32 Å². The van der Waals surface area contributed by atoms with Crippen LogP contribution in [0, 0.1) is 5.92 Å². The first kappa shape index (κ1) is 12.4. The second-order valence-electron chi connectivity index (χ2n) is 4.77. The zero-order valence-corrected chi connectivity index (χ0v) is 10.2.